The van der Waals surface area contributed by atoms with E-state index in [9.17, 15) is 19.2 Å². The second kappa shape index (κ2) is 8.48. The molecule has 9 nitrogen and oxygen atoms in total. The fraction of sp³-hybridized carbons (Fsp3) is 0.316. The molecule has 0 fully saturated rings. The number of hydrogen-bond acceptors (Lipinski definition) is 7. The Morgan fingerprint density at radius 1 is 1.24 bits per heavy atom. The van der Waals surface area contributed by atoms with Crippen molar-refractivity contribution in [3.05, 3.63) is 61.0 Å². The molecule has 3 N–H and O–H groups in total. The molecule has 0 saturated carbocycles. The number of carbonyl (C=O) groups is 1. The fourth-order valence-corrected chi connectivity index (χ4v) is 3.78. The number of ketones is 1. The third-order valence-electron chi connectivity index (χ3n) is 4.54. The van der Waals surface area contributed by atoms with Crippen molar-refractivity contribution >= 4 is 34.3 Å². The molecule has 2 heterocycles. The number of unbranched alkanes of at least 4 members (excludes halogenated alkanes) is 1. The van der Waals surface area contributed by atoms with E-state index in [4.69, 9.17) is 5.73 Å². The number of anilines is 1. The third-order valence-corrected chi connectivity index (χ3v) is 5.52. The molecule has 0 aliphatic carbocycles. The van der Waals surface area contributed by atoms with Crippen LogP contribution in [0, 0.1) is 0 Å². The number of hydrogen-bond donors (Lipinski definition) is 2. The Morgan fingerprint density at radius 2 is 1.97 bits per heavy atom. The van der Waals surface area contributed by atoms with E-state index in [1.807, 2.05) is 6.92 Å². The lowest BCUT2D eigenvalue weighted by Gasteiger charge is -2.13. The second-order valence-electron chi connectivity index (χ2n) is 6.51. The maximum Gasteiger partial charge on any atom is 0.329 e. The molecule has 1 aromatic carbocycles. The third kappa shape index (κ3) is 4.02. The molecule has 0 atom stereocenters. The Morgan fingerprint density at radius 3 is 2.69 bits per heavy atom. The lowest BCUT2D eigenvalue weighted by atomic mass is 10.2. The monoisotopic (exact) mass is 415 g/mol. The van der Waals surface area contributed by atoms with E-state index in [2.05, 4.69) is 9.97 Å². The van der Waals surface area contributed by atoms with Crippen LogP contribution in [0.25, 0.3) is 10.9 Å². The highest BCUT2D eigenvalue weighted by atomic mass is 32.2. The van der Waals surface area contributed by atoms with Crippen LogP contribution in [-0.2, 0) is 13.6 Å². The number of thioether (sulfide) groups is 1. The van der Waals surface area contributed by atoms with Crippen LogP contribution in [0.2, 0.25) is 0 Å². The summed E-state index contributed by atoms with van der Waals surface area (Å²) >= 11 is 1.06. The van der Waals surface area contributed by atoms with Crippen LogP contribution in [0.1, 0.15) is 30.1 Å². The summed E-state index contributed by atoms with van der Waals surface area (Å²) in [5.41, 5.74) is 4.37. The molecule has 0 radical (unpaired) electrons. The van der Waals surface area contributed by atoms with Gasteiger partial charge in [0.2, 0.25) is 0 Å². The van der Waals surface area contributed by atoms with Crippen molar-refractivity contribution in [3.63, 3.8) is 0 Å². The van der Waals surface area contributed by atoms with Crippen molar-refractivity contribution < 1.29 is 4.79 Å². The molecule has 0 aliphatic heterocycles. The van der Waals surface area contributed by atoms with E-state index in [1.54, 1.807) is 28.8 Å². The second-order valence-corrected chi connectivity index (χ2v) is 7.45. The van der Waals surface area contributed by atoms with E-state index >= 15 is 0 Å². The largest absolute Gasteiger partial charge is 0.384 e. The summed E-state index contributed by atoms with van der Waals surface area (Å²) in [6.45, 7) is 2.50. The smallest absolute Gasteiger partial charge is 0.329 e. The maximum absolute atomic E-state index is 12.9. The first-order valence-corrected chi connectivity index (χ1v) is 10.1. The molecule has 3 rings (SSSR count). The summed E-state index contributed by atoms with van der Waals surface area (Å²) in [6, 6.07) is 7.02. The van der Waals surface area contributed by atoms with Gasteiger partial charge in [0.25, 0.3) is 11.1 Å². The van der Waals surface area contributed by atoms with Crippen molar-refractivity contribution in [2.75, 3.05) is 11.5 Å². The Labute approximate surface area is 169 Å². The van der Waals surface area contributed by atoms with E-state index in [-0.39, 0.29) is 22.7 Å². The number of nitrogens with one attached hydrogen (secondary N) is 1. The van der Waals surface area contributed by atoms with Gasteiger partial charge in [0.15, 0.2) is 10.9 Å². The van der Waals surface area contributed by atoms with E-state index in [0.29, 0.717) is 22.6 Å². The molecule has 0 bridgehead atoms. The topological polar surface area (TPSA) is 133 Å². The highest BCUT2D eigenvalue weighted by Crippen LogP contribution is 2.20. The molecule has 10 heteroatoms. The van der Waals surface area contributed by atoms with Crippen LogP contribution in [0.15, 0.2) is 43.8 Å². The molecule has 0 unspecified atom stereocenters. The van der Waals surface area contributed by atoms with Crippen molar-refractivity contribution in [3.8, 4) is 0 Å². The van der Waals surface area contributed by atoms with Crippen LogP contribution in [0.4, 0.5) is 5.82 Å². The Kier molecular flexibility index (Phi) is 6.02. The molecule has 152 valence electrons. The molecule has 0 amide bonds. The van der Waals surface area contributed by atoms with Gasteiger partial charge >= 0.3 is 5.69 Å². The van der Waals surface area contributed by atoms with Crippen molar-refractivity contribution in [1.82, 2.24) is 19.1 Å². The lowest BCUT2D eigenvalue weighted by molar-refractivity contribution is 0.102. The molecule has 0 saturated heterocycles. The summed E-state index contributed by atoms with van der Waals surface area (Å²) in [4.78, 5) is 55.8. The van der Waals surface area contributed by atoms with Gasteiger partial charge in [0, 0.05) is 13.6 Å². The number of nitrogen functional groups attached to an aromatic ring is 1. The van der Waals surface area contributed by atoms with Gasteiger partial charge in [-0.1, -0.05) is 37.2 Å². The number of para-hydroxylation sites is 1. The zero-order valence-corrected chi connectivity index (χ0v) is 16.9. The van der Waals surface area contributed by atoms with Crippen LogP contribution in [0.5, 0.6) is 0 Å². The minimum Gasteiger partial charge on any atom is -0.384 e. The number of H-pyrrole nitrogens is 1. The predicted octanol–water partition coefficient (Wildman–Crippen LogP) is 1.14. The quantitative estimate of drug-likeness (QED) is 0.336. The maximum atomic E-state index is 12.9. The highest BCUT2D eigenvalue weighted by molar-refractivity contribution is 7.99. The lowest BCUT2D eigenvalue weighted by Crippen LogP contribution is -2.35. The van der Waals surface area contributed by atoms with E-state index in [0.717, 1.165) is 29.2 Å². The van der Waals surface area contributed by atoms with Gasteiger partial charge in [-0.2, -0.15) is 0 Å². The van der Waals surface area contributed by atoms with Crippen LogP contribution in [0.3, 0.4) is 0 Å². The molecule has 0 spiro atoms. The first-order valence-electron chi connectivity index (χ1n) is 9.09. The van der Waals surface area contributed by atoms with Gasteiger partial charge in [-0.05, 0) is 18.6 Å². The summed E-state index contributed by atoms with van der Waals surface area (Å²) in [6.07, 6.45) is 1.68. The fourth-order valence-electron chi connectivity index (χ4n) is 2.88. The van der Waals surface area contributed by atoms with Gasteiger partial charge in [-0.3, -0.25) is 28.5 Å². The standard InChI is InChI=1S/C19H21N5O4S/c1-3-4-9-24-17(27)11-7-5-6-8-12(11)21-19(24)29-10-13(25)14-15(20)23(2)18(28)22-16(14)26/h5-8H,3-4,9-10,20H2,1-2H3,(H,22,26,28). The van der Waals surface area contributed by atoms with Crippen LogP contribution in [-0.4, -0.2) is 30.6 Å². The number of benzene rings is 1. The SMILES string of the molecule is CCCCn1c(SCC(=O)c2c(N)n(C)c(=O)[nH]c2=O)nc2ccccc2c1=O. The Hall–Kier alpha value is -3.14. The Bertz CT molecular complexity index is 1260. The number of carbonyl (C=O) groups excluding carboxylic acids is 1. The first kappa shape index (κ1) is 20.6. The number of nitrogens with zero attached hydrogens (tertiary/aromatic N) is 3. The average molecular weight is 415 g/mol. The summed E-state index contributed by atoms with van der Waals surface area (Å²) in [5.74, 6) is -0.893. The van der Waals surface area contributed by atoms with Gasteiger partial charge < -0.3 is 5.73 Å². The van der Waals surface area contributed by atoms with Gasteiger partial charge in [0.05, 0.1) is 16.7 Å². The zero-order valence-electron chi connectivity index (χ0n) is 16.1. The Balaban J connectivity index is 1.97. The molecule has 2 aromatic heterocycles. The number of fused-ring (bicyclic) bond motifs is 1. The number of nitrogens with two attached hydrogens (primary N) is 1. The van der Waals surface area contributed by atoms with Gasteiger partial charge in [-0.15, -0.1) is 0 Å². The molecular weight excluding hydrogens is 394 g/mol. The first-order chi connectivity index (χ1) is 13.8. The van der Waals surface area contributed by atoms with Gasteiger partial charge in [-0.25, -0.2) is 9.78 Å². The van der Waals surface area contributed by atoms with Crippen LogP contribution >= 0.6 is 11.8 Å². The normalized spacial score (nSPS) is 11.1. The number of aromatic nitrogens is 4. The number of Topliss-reactive ketones (excluding diaryl/α,β-unsaturated/α-hetero) is 1. The molecule has 29 heavy (non-hydrogen) atoms. The minimum atomic E-state index is -0.828. The van der Waals surface area contributed by atoms with Crippen LogP contribution < -0.4 is 22.5 Å². The predicted molar refractivity (Wildman–Crippen MR) is 113 cm³/mol. The number of aromatic amines is 1. The number of rotatable bonds is 7. The van der Waals surface area contributed by atoms with E-state index in [1.165, 1.54) is 7.05 Å². The molecule has 0 aliphatic rings. The summed E-state index contributed by atoms with van der Waals surface area (Å²) < 4.78 is 2.56. The summed E-state index contributed by atoms with van der Waals surface area (Å²) in [7, 11) is 1.37. The average Bonchev–Trinajstić information content (AvgIpc) is 2.70. The summed E-state index contributed by atoms with van der Waals surface area (Å²) in [5, 5.41) is 0.911. The molecule has 3 aromatic rings. The van der Waals surface area contributed by atoms with Crippen molar-refractivity contribution in [2.45, 2.75) is 31.5 Å². The van der Waals surface area contributed by atoms with E-state index < -0.39 is 17.0 Å². The van der Waals surface area contributed by atoms with Crippen molar-refractivity contribution in [2.24, 2.45) is 7.05 Å². The van der Waals surface area contributed by atoms with Gasteiger partial charge in [0.1, 0.15) is 11.4 Å². The minimum absolute atomic E-state index is 0.150. The highest BCUT2D eigenvalue weighted by Gasteiger charge is 2.20. The van der Waals surface area contributed by atoms with Crippen molar-refractivity contribution in [1.29, 1.82) is 0 Å². The molecular formula is C19H21N5O4S. The zero-order chi connectivity index (χ0) is 21.1.